The molecular formula is C20H23FN2O2. The van der Waals surface area contributed by atoms with Gasteiger partial charge in [-0.1, -0.05) is 25.5 Å². The fourth-order valence-corrected chi connectivity index (χ4v) is 3.50. The third-order valence-corrected chi connectivity index (χ3v) is 4.75. The summed E-state index contributed by atoms with van der Waals surface area (Å²) in [5.74, 6) is 0.425. The maximum absolute atomic E-state index is 13.4. The summed E-state index contributed by atoms with van der Waals surface area (Å²) in [6, 6.07) is 6.31. The minimum Gasteiger partial charge on any atom is -0.392 e. The average molecular weight is 342 g/mol. The highest BCUT2D eigenvalue weighted by molar-refractivity contribution is 5.95. The van der Waals surface area contributed by atoms with E-state index in [1.807, 2.05) is 0 Å². The Morgan fingerprint density at radius 1 is 1.24 bits per heavy atom. The molecule has 0 saturated carbocycles. The van der Waals surface area contributed by atoms with Gasteiger partial charge in [0.05, 0.1) is 6.61 Å². The van der Waals surface area contributed by atoms with Crippen molar-refractivity contribution in [1.29, 1.82) is 0 Å². The predicted octanol–water partition coefficient (Wildman–Crippen LogP) is 3.63. The highest BCUT2D eigenvalue weighted by Crippen LogP contribution is 2.38. The van der Waals surface area contributed by atoms with E-state index in [1.165, 1.54) is 12.1 Å². The number of fused-ring (bicyclic) bond motifs is 1. The molecule has 0 saturated heterocycles. The normalized spacial score (nSPS) is 14.4. The van der Waals surface area contributed by atoms with Crippen molar-refractivity contribution in [3.63, 3.8) is 0 Å². The first kappa shape index (κ1) is 17.5. The van der Waals surface area contributed by atoms with Gasteiger partial charge in [0.1, 0.15) is 11.6 Å². The van der Waals surface area contributed by atoms with Crippen molar-refractivity contribution in [3.8, 4) is 11.1 Å². The number of carbonyl (C=O) groups excluding carboxylic acids is 1. The van der Waals surface area contributed by atoms with Gasteiger partial charge in [0.2, 0.25) is 5.91 Å². The minimum absolute atomic E-state index is 0.0514. The molecule has 0 fully saturated rings. The van der Waals surface area contributed by atoms with Crippen molar-refractivity contribution < 1.29 is 14.3 Å². The molecule has 0 aliphatic carbocycles. The molecule has 25 heavy (non-hydrogen) atoms. The fourth-order valence-electron chi connectivity index (χ4n) is 3.50. The van der Waals surface area contributed by atoms with Crippen LogP contribution in [0.25, 0.3) is 11.1 Å². The molecule has 1 N–H and O–H groups in total. The van der Waals surface area contributed by atoms with E-state index in [1.54, 1.807) is 24.1 Å². The van der Waals surface area contributed by atoms with Crippen LogP contribution in [0.1, 0.15) is 43.0 Å². The Labute approximate surface area is 147 Å². The highest BCUT2D eigenvalue weighted by atomic mass is 19.1. The molecule has 1 amide bonds. The number of halogens is 1. The second kappa shape index (κ2) is 7.31. The summed E-state index contributed by atoms with van der Waals surface area (Å²) in [5.41, 5.74) is 4.31. The van der Waals surface area contributed by atoms with E-state index in [0.717, 1.165) is 47.2 Å². The van der Waals surface area contributed by atoms with Crippen molar-refractivity contribution in [3.05, 3.63) is 46.9 Å². The second-order valence-electron chi connectivity index (χ2n) is 6.44. The molecule has 1 aliphatic heterocycles. The smallest absolute Gasteiger partial charge is 0.227 e. The number of aryl methyl sites for hydroxylation is 1. The Morgan fingerprint density at radius 2 is 1.96 bits per heavy atom. The summed E-state index contributed by atoms with van der Waals surface area (Å²) < 4.78 is 13.4. The van der Waals surface area contributed by atoms with Gasteiger partial charge in [0.15, 0.2) is 0 Å². The fraction of sp³-hybridized carbons (Fsp3) is 0.400. The third-order valence-electron chi connectivity index (χ3n) is 4.75. The Bertz CT molecular complexity index is 787. The van der Waals surface area contributed by atoms with Crippen LogP contribution in [0.15, 0.2) is 24.3 Å². The molecular weight excluding hydrogens is 319 g/mol. The van der Waals surface area contributed by atoms with Gasteiger partial charge in [-0.15, -0.1) is 0 Å². The number of aromatic nitrogens is 1. The SMILES string of the molecule is CCCc1nc2c(c(-c3ccc(F)cc3)c1CO)CCCC(=O)N2C. The Morgan fingerprint density at radius 3 is 2.60 bits per heavy atom. The van der Waals surface area contributed by atoms with Crippen LogP contribution in [0.5, 0.6) is 0 Å². The number of hydrogen-bond acceptors (Lipinski definition) is 3. The van der Waals surface area contributed by atoms with Gasteiger partial charge >= 0.3 is 0 Å². The topological polar surface area (TPSA) is 53.4 Å². The first-order valence-corrected chi connectivity index (χ1v) is 8.74. The number of aliphatic hydroxyl groups excluding tert-OH is 1. The van der Waals surface area contributed by atoms with Gasteiger partial charge in [-0.3, -0.25) is 9.69 Å². The first-order chi connectivity index (χ1) is 12.1. The van der Waals surface area contributed by atoms with E-state index < -0.39 is 0 Å². The lowest BCUT2D eigenvalue weighted by Gasteiger charge is -2.23. The van der Waals surface area contributed by atoms with E-state index in [2.05, 4.69) is 6.92 Å². The Hall–Kier alpha value is -2.27. The van der Waals surface area contributed by atoms with E-state index >= 15 is 0 Å². The van der Waals surface area contributed by atoms with Gasteiger partial charge in [0, 0.05) is 30.3 Å². The molecule has 0 unspecified atom stereocenters. The van der Waals surface area contributed by atoms with Crippen LogP contribution in [-0.4, -0.2) is 23.0 Å². The van der Waals surface area contributed by atoms with E-state index in [4.69, 9.17) is 4.98 Å². The first-order valence-electron chi connectivity index (χ1n) is 8.74. The monoisotopic (exact) mass is 342 g/mol. The largest absolute Gasteiger partial charge is 0.392 e. The standard InChI is InChI=1S/C20H23FN2O2/c1-3-5-17-16(12-24)19(13-8-10-14(21)11-9-13)15-6-4-7-18(25)23(2)20(15)22-17/h8-11,24H,3-7,12H2,1-2H3. The number of rotatable bonds is 4. The van der Waals surface area contributed by atoms with Crippen LogP contribution in [0.4, 0.5) is 10.2 Å². The Balaban J connectivity index is 2.31. The molecule has 0 spiro atoms. The summed E-state index contributed by atoms with van der Waals surface area (Å²) in [5, 5.41) is 10.0. The van der Waals surface area contributed by atoms with Crippen molar-refractivity contribution >= 4 is 11.7 Å². The number of benzene rings is 1. The molecule has 1 aromatic heterocycles. The van der Waals surface area contributed by atoms with Gasteiger partial charge < -0.3 is 5.11 Å². The van der Waals surface area contributed by atoms with Crippen LogP contribution >= 0.6 is 0 Å². The molecule has 4 nitrogen and oxygen atoms in total. The number of amides is 1. The third kappa shape index (κ3) is 3.29. The number of hydrogen-bond donors (Lipinski definition) is 1. The van der Waals surface area contributed by atoms with Crippen LogP contribution in [0, 0.1) is 5.82 Å². The zero-order chi connectivity index (χ0) is 18.0. The summed E-state index contributed by atoms with van der Waals surface area (Å²) in [6.07, 6.45) is 3.54. The van der Waals surface area contributed by atoms with E-state index in [-0.39, 0.29) is 18.3 Å². The molecule has 5 heteroatoms. The van der Waals surface area contributed by atoms with Gasteiger partial charge in [0.25, 0.3) is 0 Å². The van der Waals surface area contributed by atoms with Crippen LogP contribution in [0.3, 0.4) is 0 Å². The number of carbonyl (C=O) groups is 1. The van der Waals surface area contributed by atoms with E-state index in [9.17, 15) is 14.3 Å². The molecule has 132 valence electrons. The number of anilines is 1. The summed E-state index contributed by atoms with van der Waals surface area (Å²) in [4.78, 5) is 18.6. The van der Waals surface area contributed by atoms with Crippen molar-refractivity contribution in [2.75, 3.05) is 11.9 Å². The zero-order valence-electron chi connectivity index (χ0n) is 14.7. The van der Waals surface area contributed by atoms with Gasteiger partial charge in [-0.2, -0.15) is 0 Å². The molecule has 1 aromatic carbocycles. The summed E-state index contributed by atoms with van der Waals surface area (Å²) >= 11 is 0. The zero-order valence-corrected chi connectivity index (χ0v) is 14.7. The quantitative estimate of drug-likeness (QED) is 0.923. The summed E-state index contributed by atoms with van der Waals surface area (Å²) in [6.45, 7) is 1.93. The van der Waals surface area contributed by atoms with Crippen molar-refractivity contribution in [2.24, 2.45) is 0 Å². The Kier molecular flexibility index (Phi) is 5.13. The number of nitrogens with zero attached hydrogens (tertiary/aromatic N) is 2. The maximum Gasteiger partial charge on any atom is 0.227 e. The second-order valence-corrected chi connectivity index (χ2v) is 6.44. The summed E-state index contributed by atoms with van der Waals surface area (Å²) in [7, 11) is 1.75. The van der Waals surface area contributed by atoms with Crippen LogP contribution < -0.4 is 4.90 Å². The number of pyridine rings is 1. The van der Waals surface area contributed by atoms with Crippen molar-refractivity contribution in [2.45, 2.75) is 45.6 Å². The van der Waals surface area contributed by atoms with Crippen LogP contribution in [0.2, 0.25) is 0 Å². The minimum atomic E-state index is -0.296. The highest BCUT2D eigenvalue weighted by Gasteiger charge is 2.26. The molecule has 0 bridgehead atoms. The van der Waals surface area contributed by atoms with Crippen molar-refractivity contribution in [1.82, 2.24) is 4.98 Å². The lowest BCUT2D eigenvalue weighted by atomic mass is 9.90. The predicted molar refractivity (Wildman–Crippen MR) is 95.9 cm³/mol. The molecule has 3 rings (SSSR count). The molecule has 0 radical (unpaired) electrons. The molecule has 0 atom stereocenters. The number of aliphatic hydroxyl groups is 1. The van der Waals surface area contributed by atoms with Gasteiger partial charge in [-0.25, -0.2) is 9.37 Å². The molecule has 1 aliphatic rings. The molecule has 2 heterocycles. The maximum atomic E-state index is 13.4. The van der Waals surface area contributed by atoms with Gasteiger partial charge in [-0.05, 0) is 42.5 Å². The van der Waals surface area contributed by atoms with Crippen LogP contribution in [-0.2, 0) is 24.2 Å². The van der Waals surface area contributed by atoms with E-state index in [0.29, 0.717) is 18.7 Å². The molecule has 2 aromatic rings. The lowest BCUT2D eigenvalue weighted by Crippen LogP contribution is -2.27. The average Bonchev–Trinajstić information content (AvgIpc) is 2.75. The lowest BCUT2D eigenvalue weighted by molar-refractivity contribution is -0.118.